The molecule has 0 spiro atoms. The van der Waals surface area contributed by atoms with Crippen LogP contribution in [0.5, 0.6) is 23.0 Å². The van der Waals surface area contributed by atoms with Gasteiger partial charge in [-0.2, -0.15) is 49.2 Å². The zero-order valence-electron chi connectivity index (χ0n) is 52.7. The molecule has 446 valence electrons. The number of thiophene rings is 2. The molecule has 9 heteroatoms. The van der Waals surface area contributed by atoms with Crippen LogP contribution in [0.2, 0.25) is 0 Å². The number of hydrogen-bond acceptors (Lipinski definition) is 4. The second kappa shape index (κ2) is 26.1. The molecule has 87 heavy (non-hydrogen) atoms. The maximum absolute atomic E-state index is 12.2. The number of rotatable bonds is 11. The van der Waals surface area contributed by atoms with Crippen LogP contribution in [0.15, 0.2) is 193 Å². The van der Waals surface area contributed by atoms with Gasteiger partial charge in [-0.3, -0.25) is 9.13 Å². The predicted molar refractivity (Wildman–Crippen MR) is 370 cm³/mol. The van der Waals surface area contributed by atoms with E-state index in [0.29, 0.717) is 13.2 Å². The van der Waals surface area contributed by atoms with Gasteiger partial charge in [0.2, 0.25) is 0 Å². The third-order valence-electron chi connectivity index (χ3n) is 16.1. The van der Waals surface area contributed by atoms with Crippen LogP contribution in [0, 0.1) is 13.8 Å². The van der Waals surface area contributed by atoms with Gasteiger partial charge in [-0.1, -0.05) is 144 Å². The molecule has 0 saturated heterocycles. The molecule has 0 fully saturated rings. The zero-order valence-corrected chi connectivity index (χ0v) is 57.9. The zero-order chi connectivity index (χ0) is 61.3. The van der Waals surface area contributed by atoms with Crippen molar-refractivity contribution >= 4 is 66.3 Å². The summed E-state index contributed by atoms with van der Waals surface area (Å²) in [5.74, 6) is 2.26. The van der Waals surface area contributed by atoms with E-state index in [0.717, 1.165) is 89.8 Å². The Labute approximate surface area is 542 Å². The molecule has 0 aliphatic rings. The van der Waals surface area contributed by atoms with Crippen molar-refractivity contribution in [1.82, 2.24) is 9.13 Å². The fraction of sp³-hybridized carbons (Fsp3) is 0.256. The number of aliphatic hydroxyl groups is 2. The van der Waals surface area contributed by atoms with Crippen molar-refractivity contribution in [3.8, 4) is 55.3 Å². The molecule has 12 rings (SSSR count). The van der Waals surface area contributed by atoms with Gasteiger partial charge in [0.15, 0.2) is 24.7 Å². The summed E-state index contributed by atoms with van der Waals surface area (Å²) in [7, 11) is 0. The van der Waals surface area contributed by atoms with Gasteiger partial charge in [0.25, 0.3) is 11.5 Å². The normalized spacial score (nSPS) is 12.0. The van der Waals surface area contributed by atoms with Crippen LogP contribution in [-0.2, 0) is 47.5 Å². The first-order chi connectivity index (χ1) is 40.9. The second-order valence-electron chi connectivity index (χ2n) is 26.7. The molecule has 0 aliphatic carbocycles. The standard InChI is InChI=1S/C64H68N2O4S2.2C7H7.Hf/c1-61(2,3)39-23-27-51-45(33-39)46-34-40(62(4,5)6)24-28-52(46)65(51)59-57(67)49(37-71-59)43-19-13-15-21-55(43)69-31-17-18-32-70-56-22-16-14-20-44(56)50-38-72-60(58(50)68)66-53-29-25-41(63(7,8)9)35-47(53)48-36-42(64(10,11)12)26-30-54(48)66;2*1-7-5-3-2-4-6-7;/h13-16,19-30,33-38,67-68H,17-18,31-32H2,1-12H3;2*2-6H,1H2;/q;2*-1;/p+2. The van der Waals surface area contributed by atoms with Gasteiger partial charge in [0.1, 0.15) is 10.0 Å². The van der Waals surface area contributed by atoms with Gasteiger partial charge in [0.05, 0.1) is 33.2 Å². The van der Waals surface area contributed by atoms with Crippen LogP contribution in [0.25, 0.3) is 75.9 Å². The Hall–Kier alpha value is -7.43. The van der Waals surface area contributed by atoms with E-state index in [-0.39, 0.29) is 59.0 Å². The minimum atomic E-state index is 0. The first-order valence-corrected chi connectivity index (χ1v) is 31.7. The predicted octanol–water partition coefficient (Wildman–Crippen LogP) is 21.6. The molecule has 0 radical (unpaired) electrons. The summed E-state index contributed by atoms with van der Waals surface area (Å²) in [5, 5.41) is 34.8. The van der Waals surface area contributed by atoms with Gasteiger partial charge in [-0.25, -0.2) is 0 Å². The van der Waals surface area contributed by atoms with Gasteiger partial charge < -0.3 is 19.7 Å². The number of para-hydroxylation sites is 2. The van der Waals surface area contributed by atoms with Gasteiger partial charge in [0, 0.05) is 94.2 Å². The molecular formula is C78H84HfN2O4S2. The van der Waals surface area contributed by atoms with Gasteiger partial charge in [-0.05, 0) is 105 Å². The van der Waals surface area contributed by atoms with Crippen LogP contribution in [0.3, 0.4) is 0 Å². The Morgan fingerprint density at radius 1 is 0.368 bits per heavy atom. The summed E-state index contributed by atoms with van der Waals surface area (Å²) in [6.45, 7) is 35.8. The number of benzene rings is 8. The Morgan fingerprint density at radius 3 is 0.908 bits per heavy atom. The van der Waals surface area contributed by atoms with E-state index >= 15 is 0 Å². The number of aromatic hydroxyl groups is 4. The molecule has 4 heterocycles. The van der Waals surface area contributed by atoms with Gasteiger partial charge >= 0.3 is 0 Å². The van der Waals surface area contributed by atoms with E-state index in [2.05, 4.69) is 202 Å². The molecule has 0 saturated carbocycles. The average molecular weight is 1360 g/mol. The molecule has 4 aromatic heterocycles. The van der Waals surface area contributed by atoms with E-state index in [1.807, 2.05) is 97.1 Å². The summed E-state index contributed by atoms with van der Waals surface area (Å²) < 4.78 is 14.7. The van der Waals surface area contributed by atoms with Crippen molar-refractivity contribution in [2.75, 3.05) is 13.2 Å². The van der Waals surface area contributed by atoms with Gasteiger partial charge in [-0.15, -0.1) is 46.9 Å². The van der Waals surface area contributed by atoms with Crippen molar-refractivity contribution in [3.63, 3.8) is 0 Å². The smallest absolute Gasteiger partial charge is 0.262 e. The topological polar surface area (TPSA) is 75.9 Å². The van der Waals surface area contributed by atoms with E-state index < -0.39 is 0 Å². The van der Waals surface area contributed by atoms with Crippen molar-refractivity contribution in [1.29, 1.82) is 0 Å². The summed E-state index contributed by atoms with van der Waals surface area (Å²) in [4.78, 5) is 0. The third kappa shape index (κ3) is 14.0. The van der Waals surface area contributed by atoms with E-state index in [9.17, 15) is 10.2 Å². The Kier molecular flexibility index (Phi) is 19.2. The molecular weight excluding hydrogens is 1270 g/mol. The van der Waals surface area contributed by atoms with Crippen LogP contribution in [-0.4, -0.2) is 42.0 Å². The van der Waals surface area contributed by atoms with E-state index in [4.69, 9.17) is 9.47 Å². The minimum absolute atomic E-state index is 0. The molecule has 0 amide bonds. The number of hydrogen-bond donors (Lipinski definition) is 2. The van der Waals surface area contributed by atoms with Crippen molar-refractivity contribution in [3.05, 3.63) is 240 Å². The van der Waals surface area contributed by atoms with Crippen LogP contribution in [0.1, 0.15) is 129 Å². The fourth-order valence-corrected chi connectivity index (χ4v) is 13.0. The number of aromatic nitrogens is 2. The first kappa shape index (κ1) is 64.1. The number of nitrogens with zero attached hydrogens (tertiary/aromatic N) is 2. The molecule has 0 aliphatic heterocycles. The van der Waals surface area contributed by atoms with E-state index in [1.54, 1.807) is 22.7 Å². The Bertz CT molecular complexity index is 3910. The Balaban J connectivity index is 0.000000530. The summed E-state index contributed by atoms with van der Waals surface area (Å²) in [5.41, 5.74) is 15.0. The Morgan fingerprint density at radius 2 is 0.644 bits per heavy atom. The molecule has 8 aromatic carbocycles. The second-order valence-corrected chi connectivity index (χ2v) is 28.4. The van der Waals surface area contributed by atoms with Crippen LogP contribution in [0.4, 0.5) is 0 Å². The number of ether oxygens (including phenoxy) is 2. The minimum Gasteiger partial charge on any atom is -0.582 e. The first-order valence-electron chi connectivity index (χ1n) is 30.0. The maximum Gasteiger partial charge on any atom is 0.262 e. The monoisotopic (exact) mass is 1360 g/mol. The van der Waals surface area contributed by atoms with Crippen LogP contribution >= 0.6 is 22.7 Å². The number of unbranched alkanes of at least 4 members (excludes halogenated alkanes) is 1. The molecule has 4 N–H and O–H groups in total. The summed E-state index contributed by atoms with van der Waals surface area (Å²) >= 11 is 3.13. The van der Waals surface area contributed by atoms with Crippen molar-refractivity contribution < 1.29 is 45.5 Å². The molecule has 0 atom stereocenters. The average Bonchev–Trinajstić information content (AvgIpc) is 1.62. The SMILES string of the molecule is CC(C)(C)c1ccc2c(c1)c1cc(C(C)(C)C)ccc1n2-c1scc(-c2ccccc2[OH+]CCCC[OH+]c2ccccc2-c2csc(-n3c4ccc(C(C)(C)C)cc4c4cc(C(C)(C)C)ccc43)c2O)c1O.[CH2-]c1ccccc1.[CH2-]c1ccccc1.[Hf]. The quantitative estimate of drug-likeness (QED) is 0.0586. The largest absolute Gasteiger partial charge is 0.582 e. The number of fused-ring (bicyclic) bond motifs is 6. The van der Waals surface area contributed by atoms with Crippen molar-refractivity contribution in [2.45, 2.75) is 118 Å². The maximum atomic E-state index is 12.2. The van der Waals surface area contributed by atoms with Crippen molar-refractivity contribution in [2.24, 2.45) is 0 Å². The summed E-state index contributed by atoms with van der Waals surface area (Å²) in [6, 6.07) is 63.2. The summed E-state index contributed by atoms with van der Waals surface area (Å²) in [6.07, 6.45) is 1.70. The molecule has 12 aromatic rings. The third-order valence-corrected chi connectivity index (χ3v) is 18.0. The van der Waals surface area contributed by atoms with E-state index in [1.165, 1.54) is 43.8 Å². The molecule has 6 nitrogen and oxygen atoms in total. The molecule has 0 unspecified atom stereocenters. The fourth-order valence-electron chi connectivity index (χ4n) is 11.0. The van der Waals surface area contributed by atoms with Crippen LogP contribution < -0.4 is 0 Å². The molecule has 0 bridgehead atoms.